The number of aliphatic hydroxyl groups excluding tert-OH is 1. The van der Waals surface area contributed by atoms with Crippen molar-refractivity contribution in [2.45, 2.75) is 64.8 Å². The van der Waals surface area contributed by atoms with Crippen LogP contribution in [0.5, 0.6) is 11.5 Å². The second kappa shape index (κ2) is 17.8. The van der Waals surface area contributed by atoms with Gasteiger partial charge < -0.3 is 34.9 Å². The Morgan fingerprint density at radius 2 is 1.75 bits per heavy atom. The van der Waals surface area contributed by atoms with Crippen molar-refractivity contribution >= 4 is 23.3 Å². The number of aliphatic hydroxyl groups is 1. The molecule has 48 heavy (non-hydrogen) atoms. The van der Waals surface area contributed by atoms with E-state index in [4.69, 9.17) is 14.2 Å². The van der Waals surface area contributed by atoms with E-state index in [1.54, 1.807) is 37.1 Å². The highest BCUT2D eigenvalue weighted by Crippen LogP contribution is 2.29. The van der Waals surface area contributed by atoms with Crippen molar-refractivity contribution in [2.75, 3.05) is 51.1 Å². The van der Waals surface area contributed by atoms with Crippen molar-refractivity contribution in [3.8, 4) is 11.5 Å². The van der Waals surface area contributed by atoms with Gasteiger partial charge in [0.15, 0.2) is 0 Å². The maximum Gasteiger partial charge on any atom is 0.323 e. The lowest BCUT2D eigenvalue weighted by Crippen LogP contribution is -2.47. The summed E-state index contributed by atoms with van der Waals surface area (Å²) in [5.41, 5.74) is 2.23. The second-order valence-corrected chi connectivity index (χ2v) is 12.6. The molecule has 0 bridgehead atoms. The van der Waals surface area contributed by atoms with Crippen molar-refractivity contribution in [1.29, 1.82) is 0 Å². The number of urea groups is 1. The molecule has 4 rings (SSSR count). The van der Waals surface area contributed by atoms with Gasteiger partial charge in [0.05, 0.1) is 37.5 Å². The number of halogens is 1. The number of nitrogens with zero attached hydrogens (tertiary/aromatic N) is 2. The minimum absolute atomic E-state index is 0.0738. The molecule has 10 nitrogen and oxygen atoms in total. The van der Waals surface area contributed by atoms with Gasteiger partial charge in [0, 0.05) is 43.5 Å². The fraction of sp³-hybridized carbons (Fsp3) is 0.459. The van der Waals surface area contributed by atoms with E-state index in [0.29, 0.717) is 36.8 Å². The molecule has 0 aliphatic carbocycles. The summed E-state index contributed by atoms with van der Waals surface area (Å²) in [6, 6.07) is 17.3. The molecule has 3 amide bonds. The number of benzene rings is 3. The van der Waals surface area contributed by atoms with Gasteiger partial charge in [0.1, 0.15) is 17.3 Å². The molecule has 3 aromatic rings. The monoisotopic (exact) mass is 664 g/mol. The lowest BCUT2D eigenvalue weighted by molar-refractivity contribution is -0.0177. The van der Waals surface area contributed by atoms with Crippen LogP contribution in [0.4, 0.5) is 20.6 Å². The van der Waals surface area contributed by atoms with Crippen LogP contribution >= 0.6 is 0 Å². The average molecular weight is 665 g/mol. The minimum atomic E-state index is -0.544. The zero-order valence-corrected chi connectivity index (χ0v) is 28.6. The molecule has 0 radical (unpaired) electrons. The van der Waals surface area contributed by atoms with Gasteiger partial charge in [-0.25, -0.2) is 9.18 Å². The average Bonchev–Trinajstić information content (AvgIpc) is 3.07. The lowest BCUT2D eigenvalue weighted by Gasteiger charge is -2.36. The summed E-state index contributed by atoms with van der Waals surface area (Å²) in [6.07, 6.45) is 2.19. The first kappa shape index (κ1) is 36.6. The van der Waals surface area contributed by atoms with Crippen LogP contribution in [0.2, 0.25) is 0 Å². The van der Waals surface area contributed by atoms with Crippen LogP contribution in [0.1, 0.15) is 56.0 Å². The van der Waals surface area contributed by atoms with E-state index < -0.39 is 17.9 Å². The minimum Gasteiger partial charge on any atom is -0.497 e. The Balaban J connectivity index is 1.57. The number of fused-ring (bicyclic) bond motifs is 1. The fourth-order valence-corrected chi connectivity index (χ4v) is 5.70. The Bertz CT molecular complexity index is 1470. The molecule has 0 fully saturated rings. The Morgan fingerprint density at radius 1 is 1.06 bits per heavy atom. The van der Waals surface area contributed by atoms with Crippen molar-refractivity contribution in [3.63, 3.8) is 0 Å². The molecule has 3 N–H and O–H groups in total. The zero-order chi connectivity index (χ0) is 34.6. The molecule has 1 heterocycles. The van der Waals surface area contributed by atoms with Crippen LogP contribution < -0.4 is 20.1 Å². The SMILES string of the molecule is COc1ccc(CN(C)C[C@@H]2OCCCC[C@H](C)Oc3ccc(NC(=O)Nc4ccc(F)cc4)cc3C(=O)N([C@H](C)CO)C[C@H]2C)cc1. The third kappa shape index (κ3) is 10.7. The summed E-state index contributed by atoms with van der Waals surface area (Å²) < 4.78 is 31.4. The van der Waals surface area contributed by atoms with Gasteiger partial charge in [-0.1, -0.05) is 19.1 Å². The predicted octanol–water partition coefficient (Wildman–Crippen LogP) is 6.41. The Morgan fingerprint density at radius 3 is 2.44 bits per heavy atom. The van der Waals surface area contributed by atoms with Gasteiger partial charge in [0.2, 0.25) is 0 Å². The smallest absolute Gasteiger partial charge is 0.323 e. The van der Waals surface area contributed by atoms with Crippen molar-refractivity contribution < 1.29 is 33.3 Å². The van der Waals surface area contributed by atoms with Gasteiger partial charge in [-0.3, -0.25) is 9.69 Å². The lowest BCUT2D eigenvalue weighted by atomic mass is 10.0. The molecule has 0 saturated heterocycles. The van der Waals surface area contributed by atoms with E-state index in [0.717, 1.165) is 37.1 Å². The molecule has 260 valence electrons. The van der Waals surface area contributed by atoms with Crippen LogP contribution in [0.3, 0.4) is 0 Å². The maximum atomic E-state index is 14.4. The van der Waals surface area contributed by atoms with E-state index in [9.17, 15) is 19.1 Å². The van der Waals surface area contributed by atoms with Crippen molar-refractivity contribution in [1.82, 2.24) is 9.80 Å². The number of hydrogen-bond acceptors (Lipinski definition) is 7. The number of likely N-dealkylation sites (N-methyl/N-ethyl adjacent to an activating group) is 1. The van der Waals surface area contributed by atoms with E-state index in [1.807, 2.05) is 31.2 Å². The largest absolute Gasteiger partial charge is 0.497 e. The van der Waals surface area contributed by atoms with E-state index >= 15 is 0 Å². The second-order valence-electron chi connectivity index (χ2n) is 12.6. The van der Waals surface area contributed by atoms with E-state index in [2.05, 4.69) is 29.5 Å². The number of nitrogens with one attached hydrogen (secondary N) is 2. The highest BCUT2D eigenvalue weighted by Gasteiger charge is 2.30. The Kier molecular flexibility index (Phi) is 13.6. The summed E-state index contributed by atoms with van der Waals surface area (Å²) in [7, 11) is 3.71. The fourth-order valence-electron chi connectivity index (χ4n) is 5.70. The molecule has 1 aliphatic rings. The standard InChI is InChI=1S/C37H49FN4O6/c1-25-21-42(26(2)24-43)36(44)33-20-31(40-37(45)39-30-13-11-29(38)12-14-30)15-18-34(33)48-27(3)8-6-7-19-47-35(25)23-41(4)22-28-9-16-32(46-5)17-10-28/h9-18,20,25-27,35,43H,6-8,19,21-24H2,1-5H3,(H2,39,40,45)/t25-,26-,27+,35+/m1/s1. The molecule has 3 aromatic carbocycles. The highest BCUT2D eigenvalue weighted by atomic mass is 19.1. The van der Waals surface area contributed by atoms with Gasteiger partial charge in [-0.15, -0.1) is 0 Å². The van der Waals surface area contributed by atoms with Crippen LogP contribution in [0.25, 0.3) is 0 Å². The summed E-state index contributed by atoms with van der Waals surface area (Å²) in [5, 5.41) is 15.7. The molecule has 0 unspecified atom stereocenters. The number of anilines is 2. The summed E-state index contributed by atoms with van der Waals surface area (Å²) in [4.78, 5) is 31.0. The number of ether oxygens (including phenoxy) is 3. The number of rotatable bonds is 9. The zero-order valence-electron chi connectivity index (χ0n) is 28.6. The summed E-state index contributed by atoms with van der Waals surface area (Å²) >= 11 is 0. The Hall–Kier alpha value is -4.19. The third-order valence-corrected chi connectivity index (χ3v) is 8.51. The van der Waals surface area contributed by atoms with Gasteiger partial charge in [-0.2, -0.15) is 0 Å². The first-order valence-electron chi connectivity index (χ1n) is 16.6. The molecule has 11 heteroatoms. The van der Waals surface area contributed by atoms with Crippen molar-refractivity contribution in [3.05, 3.63) is 83.7 Å². The number of amides is 3. The van der Waals surface area contributed by atoms with Crippen LogP contribution in [-0.4, -0.2) is 85.6 Å². The first-order valence-corrected chi connectivity index (χ1v) is 16.6. The van der Waals surface area contributed by atoms with Gasteiger partial charge in [0.25, 0.3) is 5.91 Å². The van der Waals surface area contributed by atoms with Gasteiger partial charge >= 0.3 is 6.03 Å². The number of methoxy groups -OCH3 is 1. The van der Waals surface area contributed by atoms with Crippen LogP contribution in [0.15, 0.2) is 66.7 Å². The van der Waals surface area contributed by atoms with E-state index in [1.165, 1.54) is 24.3 Å². The first-order chi connectivity index (χ1) is 23.1. The Labute approximate surface area is 283 Å². The van der Waals surface area contributed by atoms with Crippen LogP contribution in [0, 0.1) is 11.7 Å². The third-order valence-electron chi connectivity index (χ3n) is 8.51. The summed E-state index contributed by atoms with van der Waals surface area (Å²) in [5.74, 6) is 0.411. The quantitative estimate of drug-likeness (QED) is 0.243. The molecular formula is C37H49FN4O6. The molecular weight excluding hydrogens is 615 g/mol. The highest BCUT2D eigenvalue weighted by molar-refractivity contribution is 6.02. The molecule has 1 aliphatic heterocycles. The molecule has 4 atom stereocenters. The predicted molar refractivity (Wildman–Crippen MR) is 185 cm³/mol. The topological polar surface area (TPSA) is 113 Å². The summed E-state index contributed by atoms with van der Waals surface area (Å²) in [6.45, 7) is 7.91. The molecule has 0 saturated carbocycles. The molecule has 0 aromatic heterocycles. The maximum absolute atomic E-state index is 14.4. The van der Waals surface area contributed by atoms with Crippen LogP contribution in [-0.2, 0) is 11.3 Å². The van der Waals surface area contributed by atoms with Crippen molar-refractivity contribution in [2.24, 2.45) is 5.92 Å². The number of carbonyl (C=O) groups excluding carboxylic acids is 2. The van der Waals surface area contributed by atoms with E-state index in [-0.39, 0.29) is 36.2 Å². The molecule has 0 spiro atoms. The number of hydrogen-bond donors (Lipinski definition) is 3. The normalized spacial score (nSPS) is 19.9. The number of carbonyl (C=O) groups is 2. The van der Waals surface area contributed by atoms with Gasteiger partial charge in [-0.05, 0) is 100 Å².